The Hall–Kier alpha value is -2.35. The van der Waals surface area contributed by atoms with Crippen molar-refractivity contribution < 1.29 is 156 Å². The average Bonchev–Trinajstić information content (AvgIpc) is 3.25. The van der Waals surface area contributed by atoms with Gasteiger partial charge in [0.15, 0.2) is 68.2 Å². The van der Waals surface area contributed by atoms with Crippen LogP contribution in [0.1, 0.15) is 0 Å². The molecule has 0 aliphatic rings. The molecule has 0 amide bonds. The van der Waals surface area contributed by atoms with Crippen molar-refractivity contribution >= 4 is 194 Å². The monoisotopic (exact) mass is 1790 g/mol. The summed E-state index contributed by atoms with van der Waals surface area (Å²) in [6.45, 7) is 0. The maximum absolute atomic E-state index is 8.60. The number of hydrogen-bond donors (Lipinski definition) is 12. The Morgan fingerprint density at radius 2 is 0.218 bits per heavy atom. The first kappa shape index (κ1) is 104. The number of quaternary nitrogens is 12. The molecule has 6 rings (SSSR count). The number of benzene rings is 6. The van der Waals surface area contributed by atoms with Gasteiger partial charge in [-0.3, -0.25) is 28.2 Å². The zero-order chi connectivity index (χ0) is 57.4. The van der Waals surface area contributed by atoms with Crippen molar-refractivity contribution in [1.82, 2.24) is 0 Å². The SMILES string of the molecule is F.F.F.F.F.F.[NH3+]c1ccccc1[NH3+].[NH3+]c1ccccc1[NH3+].[NH3+]c1ccccc1[NH3+].[NH3+]c1ccccc1[NH3+].[NH3+]c1ccccc1[NH3+].[NH3+]c1ccccc1[NH3+].[O]=[Sb]([O-])[O-].[O]=[Sb]([O-])[O-].[O]=[Sb]([O-])[O-].[O]=[Sb]([O-])[O-].[O]=[Sb]([O-])[O-].[O]=[Sb]([O-])[O-]. The van der Waals surface area contributed by atoms with Crippen molar-refractivity contribution in [3.8, 4) is 0 Å². The number of hydrogen-bond acceptors (Lipinski definition) is 18. The van der Waals surface area contributed by atoms with Crippen LogP contribution >= 0.6 is 0 Å². The molecule has 0 aromatic heterocycles. The van der Waals surface area contributed by atoms with Crippen LogP contribution in [0.4, 0.5) is 96.5 Å². The molecule has 6 aromatic carbocycles. The fourth-order valence-electron chi connectivity index (χ4n) is 3.34. The van der Waals surface area contributed by atoms with Gasteiger partial charge in [-0.15, -0.1) is 0 Å². The molecule has 450 valence electrons. The summed E-state index contributed by atoms with van der Waals surface area (Å²) in [6, 6.07) is 46.8. The minimum absolute atomic E-state index is 0. The molecule has 0 bridgehead atoms. The molecule has 0 aliphatic heterocycles. The van der Waals surface area contributed by atoms with Crippen LogP contribution in [-0.4, -0.2) is 126 Å². The van der Waals surface area contributed by atoms with Crippen LogP contribution < -0.4 is 109 Å². The zero-order valence-electron chi connectivity index (χ0n) is 40.8. The quantitative estimate of drug-likeness (QED) is 0.0496. The van der Waals surface area contributed by atoms with Crippen molar-refractivity contribution in [1.29, 1.82) is 0 Å². The fourth-order valence-corrected chi connectivity index (χ4v) is 3.34. The van der Waals surface area contributed by atoms with Gasteiger partial charge in [-0.2, -0.15) is 0 Å². The number of halogens is 6. The molecule has 0 atom stereocenters. The second-order valence-corrected chi connectivity index (χ2v) is 19.6. The van der Waals surface area contributed by atoms with E-state index in [0.29, 0.717) is 0 Å². The molecule has 0 saturated carbocycles. The van der Waals surface area contributed by atoms with E-state index >= 15 is 0 Å². The van der Waals surface area contributed by atoms with E-state index in [1.165, 1.54) is 0 Å². The Morgan fingerprint density at radius 1 is 0.179 bits per heavy atom. The summed E-state index contributed by atoms with van der Waals surface area (Å²) >= 11 is -25.2. The topological polar surface area (TPSA) is 711 Å². The normalized spacial score (nSPS) is 7.69. The van der Waals surface area contributed by atoms with E-state index in [9.17, 15) is 0 Å². The summed E-state index contributed by atoms with van der Waals surface area (Å²) < 4.78 is 155. The van der Waals surface area contributed by atoms with Gasteiger partial charge in [-0.25, -0.2) is 0 Å². The van der Waals surface area contributed by atoms with E-state index in [2.05, 4.69) is 68.8 Å². The second-order valence-electron chi connectivity index (χ2n) is 12.0. The van der Waals surface area contributed by atoms with Gasteiger partial charge in [0.05, 0.1) is 0 Å². The third-order valence-corrected chi connectivity index (χ3v) is 6.71. The molecular formula is C36H66F6N12O18Sb6. The maximum atomic E-state index is 8.60. The van der Waals surface area contributed by atoms with Gasteiger partial charge >= 0.3 is 185 Å². The van der Waals surface area contributed by atoms with Gasteiger partial charge in [0.25, 0.3) is 0 Å². The van der Waals surface area contributed by atoms with E-state index < -0.39 is 126 Å². The molecule has 0 saturated heterocycles. The van der Waals surface area contributed by atoms with Crippen LogP contribution in [-0.2, 0) is 18.1 Å². The molecule has 0 unspecified atom stereocenters. The van der Waals surface area contributed by atoms with Crippen molar-refractivity contribution in [3.05, 3.63) is 146 Å². The first-order chi connectivity index (χ1) is 33.2. The summed E-state index contributed by atoms with van der Waals surface area (Å²) in [5, 5.41) is 0. The Kier molecular flexibility index (Phi) is 94.4. The molecule has 6 radical (unpaired) electrons. The van der Waals surface area contributed by atoms with E-state index in [4.69, 9.17) is 58.7 Å². The molecule has 30 nitrogen and oxygen atoms in total. The van der Waals surface area contributed by atoms with Gasteiger partial charge in [-0.1, -0.05) is 72.8 Å². The van der Waals surface area contributed by atoms with Gasteiger partial charge in [0.2, 0.25) is 0 Å². The molecule has 6 aromatic rings. The first-order valence-electron chi connectivity index (χ1n) is 18.5. The second kappa shape index (κ2) is 70.8. The van der Waals surface area contributed by atoms with Gasteiger partial charge in [0.1, 0.15) is 0 Å². The van der Waals surface area contributed by atoms with Crippen molar-refractivity contribution in [2.45, 2.75) is 0 Å². The Bertz CT molecular complexity index is 1910. The minimum atomic E-state index is -4.20. The Labute approximate surface area is 490 Å². The van der Waals surface area contributed by atoms with Gasteiger partial charge in [-0.05, 0) is 0 Å². The predicted molar refractivity (Wildman–Crippen MR) is 243 cm³/mol. The van der Waals surface area contributed by atoms with Crippen molar-refractivity contribution in [3.63, 3.8) is 0 Å². The summed E-state index contributed by atoms with van der Waals surface area (Å²) in [4.78, 5) is 0. The molecule has 0 fully saturated rings. The van der Waals surface area contributed by atoms with Gasteiger partial charge in [0, 0.05) is 72.8 Å². The molecule has 0 heterocycles. The summed E-state index contributed by atoms with van der Waals surface area (Å²) in [5.41, 5.74) is 57.2. The average molecular weight is 1800 g/mol. The van der Waals surface area contributed by atoms with Crippen molar-refractivity contribution in [2.24, 2.45) is 0 Å². The van der Waals surface area contributed by atoms with E-state index in [0.717, 1.165) is 68.2 Å². The Balaban J connectivity index is -0.0000000613. The summed E-state index contributed by atoms with van der Waals surface area (Å²) in [7, 11) is 0. The molecule has 42 heteroatoms. The van der Waals surface area contributed by atoms with Crippen LogP contribution in [0, 0.1) is 0 Å². The van der Waals surface area contributed by atoms with E-state index in [1.54, 1.807) is 0 Å². The molecular weight excluding hydrogens is 1730 g/mol. The van der Waals surface area contributed by atoms with Crippen LogP contribution in [0.5, 0.6) is 0 Å². The van der Waals surface area contributed by atoms with E-state index in [-0.39, 0.29) is 28.2 Å². The van der Waals surface area contributed by atoms with Crippen LogP contribution in [0.25, 0.3) is 0 Å². The van der Waals surface area contributed by atoms with Crippen LogP contribution in [0.2, 0.25) is 0 Å². The fraction of sp³-hybridized carbons (Fsp3) is 0. The van der Waals surface area contributed by atoms with Gasteiger partial charge < -0.3 is 68.8 Å². The predicted octanol–water partition coefficient (Wildman–Crippen LogP) is -19.8. The van der Waals surface area contributed by atoms with E-state index in [1.807, 2.05) is 146 Å². The van der Waals surface area contributed by atoms with Crippen molar-refractivity contribution in [2.75, 3.05) is 0 Å². The standard InChI is InChI=1S/6C6H8N2.6FH.18O.6Sb/c6*7-5-3-1-2-4-6(5)8;;;;;;;;;;;;;;;;;;;;;;;;;;;;;;/h6*1-4H,7-8H2;6*1H;;;;;;;;;;;;;;;;;;;;;;;;/q;;;;;;;;;;;;;;;;;;12*-1;;;;;;/p+12. The van der Waals surface area contributed by atoms with Crippen LogP contribution in [0.15, 0.2) is 146 Å². The number of rotatable bonds is 0. The molecule has 78 heavy (non-hydrogen) atoms. The Morgan fingerprint density at radius 3 is 0.244 bits per heavy atom. The third-order valence-electron chi connectivity index (χ3n) is 6.71. The summed E-state index contributed by atoms with van der Waals surface area (Å²) in [5.74, 6) is 0. The third kappa shape index (κ3) is 95.9. The summed E-state index contributed by atoms with van der Waals surface area (Å²) in [6.07, 6.45) is 0. The van der Waals surface area contributed by atoms with Crippen LogP contribution in [0.3, 0.4) is 0 Å². The molecule has 0 aliphatic carbocycles. The first-order valence-corrected chi connectivity index (χ1v) is 37.3. The molecule has 36 N–H and O–H groups in total. The molecule has 0 spiro atoms. The zero-order valence-corrected chi connectivity index (χ0v) is 56.1.